The molecule has 0 radical (unpaired) electrons. The number of nitrogens with zero attached hydrogens (tertiary/aromatic N) is 1. The highest BCUT2D eigenvalue weighted by molar-refractivity contribution is 9.11. The van der Waals surface area contributed by atoms with E-state index in [-0.39, 0.29) is 5.91 Å². The molecule has 4 nitrogen and oxygen atoms in total. The zero-order valence-corrected chi connectivity index (χ0v) is 12.1. The van der Waals surface area contributed by atoms with E-state index < -0.39 is 0 Å². The number of hydrogen-bond acceptors (Lipinski definition) is 4. The number of pyridine rings is 1. The van der Waals surface area contributed by atoms with E-state index in [1.807, 2.05) is 12.1 Å². The minimum atomic E-state index is -0.156. The monoisotopic (exact) mass is 325 g/mol. The quantitative estimate of drug-likeness (QED) is 0.911. The summed E-state index contributed by atoms with van der Waals surface area (Å²) in [6, 6.07) is 5.57. The Morgan fingerprint density at radius 2 is 2.33 bits per heavy atom. The lowest BCUT2D eigenvalue weighted by molar-refractivity contribution is 0.0950. The van der Waals surface area contributed by atoms with Gasteiger partial charge in [0.2, 0.25) is 0 Å². The van der Waals surface area contributed by atoms with Gasteiger partial charge in [0.25, 0.3) is 5.91 Å². The minimum Gasteiger partial charge on any atom is -0.397 e. The van der Waals surface area contributed by atoms with Gasteiger partial charge in [-0.05, 0) is 41.1 Å². The molecule has 0 spiro atoms. The zero-order valence-electron chi connectivity index (χ0n) is 9.74. The maximum Gasteiger partial charge on any atom is 0.253 e. The van der Waals surface area contributed by atoms with Crippen molar-refractivity contribution in [2.24, 2.45) is 0 Å². The van der Waals surface area contributed by atoms with E-state index in [0.29, 0.717) is 23.5 Å². The van der Waals surface area contributed by atoms with Gasteiger partial charge in [0.1, 0.15) is 0 Å². The van der Waals surface area contributed by atoms with Crippen LogP contribution in [0.4, 0.5) is 5.69 Å². The van der Waals surface area contributed by atoms with Crippen LogP contribution in [0.3, 0.4) is 0 Å². The fourth-order valence-corrected chi connectivity index (χ4v) is 2.91. The Morgan fingerprint density at radius 1 is 1.56 bits per heavy atom. The third kappa shape index (κ3) is 3.08. The van der Waals surface area contributed by atoms with Gasteiger partial charge < -0.3 is 11.1 Å². The number of thiophene rings is 1. The Hall–Kier alpha value is -1.40. The molecule has 0 aliphatic carbocycles. The van der Waals surface area contributed by atoms with E-state index >= 15 is 0 Å². The largest absolute Gasteiger partial charge is 0.397 e. The van der Waals surface area contributed by atoms with E-state index in [4.69, 9.17) is 5.73 Å². The van der Waals surface area contributed by atoms with Crippen LogP contribution < -0.4 is 11.1 Å². The number of halogens is 1. The number of carbonyl (C=O) groups is 1. The predicted molar refractivity (Wildman–Crippen MR) is 76.6 cm³/mol. The van der Waals surface area contributed by atoms with E-state index in [2.05, 4.69) is 26.2 Å². The molecule has 0 saturated heterocycles. The predicted octanol–water partition coefficient (Wildman–Crippen LogP) is 2.73. The molecule has 0 saturated carbocycles. The van der Waals surface area contributed by atoms with Crippen molar-refractivity contribution in [1.82, 2.24) is 10.3 Å². The van der Waals surface area contributed by atoms with Gasteiger partial charge in [0.05, 0.1) is 33.5 Å². The van der Waals surface area contributed by atoms with Gasteiger partial charge >= 0.3 is 0 Å². The summed E-state index contributed by atoms with van der Waals surface area (Å²) in [5.74, 6) is -0.156. The average molecular weight is 326 g/mol. The van der Waals surface area contributed by atoms with Gasteiger partial charge in [-0.2, -0.15) is 0 Å². The van der Waals surface area contributed by atoms with Crippen LogP contribution in [0.15, 0.2) is 28.2 Å². The van der Waals surface area contributed by atoms with Gasteiger partial charge in [-0.25, -0.2) is 0 Å². The van der Waals surface area contributed by atoms with Crippen LogP contribution in [0.2, 0.25) is 0 Å². The number of nitrogens with one attached hydrogen (secondary N) is 1. The number of aromatic nitrogens is 1. The maximum atomic E-state index is 12.0. The van der Waals surface area contributed by atoms with E-state index in [1.165, 1.54) is 0 Å². The molecule has 0 aliphatic rings. The number of aryl methyl sites for hydroxylation is 1. The first-order valence-corrected chi connectivity index (χ1v) is 6.92. The molecule has 18 heavy (non-hydrogen) atoms. The summed E-state index contributed by atoms with van der Waals surface area (Å²) in [5, 5.41) is 2.85. The summed E-state index contributed by atoms with van der Waals surface area (Å²) in [7, 11) is 0. The second-order valence-corrected chi connectivity index (χ2v) is 6.34. The Balaban J connectivity index is 2.05. The fraction of sp³-hybridized carbons (Fsp3) is 0.167. The molecule has 2 heterocycles. The molecule has 94 valence electrons. The lowest BCUT2D eigenvalue weighted by Gasteiger charge is -2.06. The van der Waals surface area contributed by atoms with Crippen molar-refractivity contribution in [3.63, 3.8) is 0 Å². The Labute approximate surface area is 117 Å². The van der Waals surface area contributed by atoms with Crippen LogP contribution in [0, 0.1) is 6.92 Å². The van der Waals surface area contributed by atoms with Crippen molar-refractivity contribution >= 4 is 38.9 Å². The van der Waals surface area contributed by atoms with E-state index in [9.17, 15) is 4.79 Å². The number of nitrogens with two attached hydrogens (primary N) is 1. The summed E-state index contributed by atoms with van der Waals surface area (Å²) >= 11 is 4.98. The highest BCUT2D eigenvalue weighted by Crippen LogP contribution is 2.21. The number of amides is 1. The second-order valence-electron chi connectivity index (χ2n) is 3.79. The summed E-state index contributed by atoms with van der Waals surface area (Å²) in [5.41, 5.74) is 7.31. The Bertz CT molecular complexity index is 582. The molecular weight excluding hydrogens is 314 g/mol. The van der Waals surface area contributed by atoms with Gasteiger partial charge in [0.15, 0.2) is 0 Å². The number of anilines is 1. The molecule has 0 fully saturated rings. The van der Waals surface area contributed by atoms with Crippen molar-refractivity contribution in [2.75, 3.05) is 5.73 Å². The topological polar surface area (TPSA) is 68.0 Å². The molecule has 0 aliphatic heterocycles. The SMILES string of the molecule is Cc1ncc(N)cc1C(=O)NCc1ccc(Br)s1. The lowest BCUT2D eigenvalue weighted by atomic mass is 10.2. The molecule has 2 aromatic heterocycles. The van der Waals surface area contributed by atoms with Crippen LogP contribution in [0.25, 0.3) is 0 Å². The first-order chi connectivity index (χ1) is 8.56. The third-order valence-corrected chi connectivity index (χ3v) is 4.03. The van der Waals surface area contributed by atoms with Gasteiger partial charge in [-0.15, -0.1) is 11.3 Å². The maximum absolute atomic E-state index is 12.0. The summed E-state index contributed by atoms with van der Waals surface area (Å²) < 4.78 is 1.05. The summed E-state index contributed by atoms with van der Waals surface area (Å²) in [6.07, 6.45) is 1.54. The molecule has 2 aromatic rings. The van der Waals surface area contributed by atoms with E-state index in [0.717, 1.165) is 8.66 Å². The van der Waals surface area contributed by atoms with Crippen molar-refractivity contribution in [3.05, 3.63) is 44.3 Å². The van der Waals surface area contributed by atoms with Gasteiger partial charge in [-0.3, -0.25) is 9.78 Å². The Morgan fingerprint density at radius 3 is 3.00 bits per heavy atom. The molecule has 0 bridgehead atoms. The van der Waals surface area contributed by atoms with Gasteiger partial charge in [0, 0.05) is 4.88 Å². The molecule has 3 N–H and O–H groups in total. The van der Waals surface area contributed by atoms with E-state index in [1.54, 1.807) is 30.5 Å². The summed E-state index contributed by atoms with van der Waals surface area (Å²) in [4.78, 5) is 17.1. The molecule has 0 atom stereocenters. The number of carbonyl (C=O) groups excluding carboxylic acids is 1. The summed E-state index contributed by atoms with van der Waals surface area (Å²) in [6.45, 7) is 2.29. The van der Waals surface area contributed by atoms with Gasteiger partial charge in [-0.1, -0.05) is 0 Å². The number of nitrogen functional groups attached to an aromatic ring is 1. The third-order valence-electron chi connectivity index (χ3n) is 2.40. The molecule has 1 amide bonds. The first-order valence-electron chi connectivity index (χ1n) is 5.31. The normalized spacial score (nSPS) is 10.3. The fourth-order valence-electron chi connectivity index (χ4n) is 1.49. The van der Waals surface area contributed by atoms with Crippen LogP contribution in [-0.4, -0.2) is 10.9 Å². The smallest absolute Gasteiger partial charge is 0.253 e. The standard InChI is InChI=1S/C12H12BrN3OS/c1-7-10(4-8(14)5-15-7)12(17)16-6-9-2-3-11(13)18-9/h2-5H,6,14H2,1H3,(H,16,17). The molecular formula is C12H12BrN3OS. The first kappa shape index (κ1) is 13.0. The van der Waals surface area contributed by atoms with Crippen molar-refractivity contribution < 1.29 is 4.79 Å². The Kier molecular flexibility index (Phi) is 3.98. The average Bonchev–Trinajstić information content (AvgIpc) is 2.75. The van der Waals surface area contributed by atoms with Crippen molar-refractivity contribution in [1.29, 1.82) is 0 Å². The zero-order chi connectivity index (χ0) is 13.1. The number of rotatable bonds is 3. The van der Waals surface area contributed by atoms with Crippen LogP contribution >= 0.6 is 27.3 Å². The minimum absolute atomic E-state index is 0.156. The van der Waals surface area contributed by atoms with Crippen LogP contribution in [0.1, 0.15) is 20.9 Å². The molecule has 2 rings (SSSR count). The molecule has 0 unspecified atom stereocenters. The molecule has 0 aromatic carbocycles. The highest BCUT2D eigenvalue weighted by Gasteiger charge is 2.10. The number of hydrogen-bond donors (Lipinski definition) is 2. The van der Waals surface area contributed by atoms with Crippen LogP contribution in [-0.2, 0) is 6.54 Å². The lowest BCUT2D eigenvalue weighted by Crippen LogP contribution is -2.23. The van der Waals surface area contributed by atoms with Crippen molar-refractivity contribution in [3.8, 4) is 0 Å². The second kappa shape index (κ2) is 5.49. The molecule has 6 heteroatoms. The van der Waals surface area contributed by atoms with Crippen molar-refractivity contribution in [2.45, 2.75) is 13.5 Å². The van der Waals surface area contributed by atoms with Crippen LogP contribution in [0.5, 0.6) is 0 Å². The highest BCUT2D eigenvalue weighted by atomic mass is 79.9.